The highest BCUT2D eigenvalue weighted by atomic mass is 35.5. The normalized spacial score (nSPS) is 21.4. The van der Waals surface area contributed by atoms with E-state index in [2.05, 4.69) is 11.9 Å². The van der Waals surface area contributed by atoms with Crippen LogP contribution < -0.4 is 5.32 Å². The molecule has 0 aromatic heterocycles. The highest BCUT2D eigenvalue weighted by molar-refractivity contribution is 6.42. The monoisotopic (exact) mass is 493 g/mol. The molecule has 0 unspecified atom stereocenters. The second kappa shape index (κ2) is 7.99. The Balaban J connectivity index is 1.85. The number of fused-ring (bicyclic) bond motifs is 1. The van der Waals surface area contributed by atoms with Crippen LogP contribution in [0.1, 0.15) is 41.8 Å². The predicted octanol–water partition coefficient (Wildman–Crippen LogP) is 5.32. The molecule has 0 bridgehead atoms. The van der Waals surface area contributed by atoms with Gasteiger partial charge in [-0.1, -0.05) is 29.8 Å². The first-order valence-corrected chi connectivity index (χ1v) is 11.1. The third-order valence-corrected chi connectivity index (χ3v) is 7.54. The highest BCUT2D eigenvalue weighted by Crippen LogP contribution is 2.45. The first-order valence-electron chi connectivity index (χ1n) is 10.4. The summed E-state index contributed by atoms with van der Waals surface area (Å²) in [5, 5.41) is 3.36. The Labute approximate surface area is 200 Å². The number of hydrogen-bond donors (Lipinski definition) is 1. The molecule has 2 heterocycles. The van der Waals surface area contributed by atoms with E-state index in [0.717, 1.165) is 0 Å². The summed E-state index contributed by atoms with van der Waals surface area (Å²) < 4.78 is 30.4. The fourth-order valence-electron chi connectivity index (χ4n) is 4.81. The number of carbonyl (C=O) groups excluding carboxylic acids is 2. The van der Waals surface area contributed by atoms with Gasteiger partial charge in [-0.25, -0.2) is 8.78 Å². The molecule has 0 radical (unpaired) electrons. The molecular weight excluding hydrogens is 471 g/mol. The van der Waals surface area contributed by atoms with Gasteiger partial charge in [0.05, 0.1) is 26.7 Å². The van der Waals surface area contributed by atoms with Crippen LogP contribution in [0.5, 0.6) is 0 Å². The topological polar surface area (TPSA) is 52.7 Å². The number of benzene rings is 2. The Morgan fingerprint density at radius 2 is 1.88 bits per heavy atom. The summed E-state index contributed by atoms with van der Waals surface area (Å²) in [5.41, 5.74) is -1.12. The van der Waals surface area contributed by atoms with E-state index in [4.69, 9.17) is 23.2 Å². The zero-order valence-corrected chi connectivity index (χ0v) is 19.9. The van der Waals surface area contributed by atoms with Crippen molar-refractivity contribution in [3.8, 4) is 0 Å². The van der Waals surface area contributed by atoms with Crippen molar-refractivity contribution < 1.29 is 18.4 Å². The Hall–Kier alpha value is -2.64. The molecule has 1 N–H and O–H groups in total. The first-order chi connectivity index (χ1) is 15.4. The molecule has 33 heavy (non-hydrogen) atoms. The molecule has 4 rings (SSSR count). The van der Waals surface area contributed by atoms with Gasteiger partial charge in [0.15, 0.2) is 0 Å². The standard InChI is InChI=1S/C24H23Cl2F2N3O2/c1-5-18(32)31-9-8-24(12-31,20-16(27)7-6-15(25)21(20)26)29-13-10-14-19(17(28)11-13)23(2,3)30(4)22(14)33/h5-7,10-11,29H,1,8-9,12H2,2-4H3/t24-/m1/s1. The van der Waals surface area contributed by atoms with E-state index in [-0.39, 0.29) is 51.6 Å². The number of amides is 2. The average molecular weight is 494 g/mol. The van der Waals surface area contributed by atoms with E-state index in [9.17, 15) is 9.59 Å². The van der Waals surface area contributed by atoms with Gasteiger partial charge in [0.2, 0.25) is 5.91 Å². The minimum atomic E-state index is -1.20. The van der Waals surface area contributed by atoms with E-state index >= 15 is 8.78 Å². The largest absolute Gasteiger partial charge is 0.373 e. The summed E-state index contributed by atoms with van der Waals surface area (Å²) in [7, 11) is 1.62. The molecule has 2 amide bonds. The van der Waals surface area contributed by atoms with Crippen molar-refractivity contribution in [3.05, 3.63) is 75.3 Å². The molecule has 1 saturated heterocycles. The molecule has 5 nitrogen and oxygen atoms in total. The first kappa shape index (κ1) is 23.5. The van der Waals surface area contributed by atoms with Crippen LogP contribution in [-0.4, -0.2) is 41.8 Å². The zero-order valence-electron chi connectivity index (χ0n) is 18.4. The summed E-state index contributed by atoms with van der Waals surface area (Å²) in [6, 6.07) is 5.39. The number of anilines is 1. The lowest BCUT2D eigenvalue weighted by Gasteiger charge is -2.34. The smallest absolute Gasteiger partial charge is 0.254 e. The molecule has 2 aliphatic heterocycles. The van der Waals surface area contributed by atoms with Crippen LogP contribution in [-0.2, 0) is 15.9 Å². The van der Waals surface area contributed by atoms with Crippen molar-refractivity contribution in [2.75, 3.05) is 25.5 Å². The minimum absolute atomic E-state index is 0.00986. The van der Waals surface area contributed by atoms with E-state index in [0.29, 0.717) is 12.1 Å². The molecule has 174 valence electrons. The third-order valence-electron chi connectivity index (χ3n) is 6.74. The number of rotatable bonds is 4. The van der Waals surface area contributed by atoms with Crippen LogP contribution in [0.4, 0.5) is 14.5 Å². The minimum Gasteiger partial charge on any atom is -0.373 e. The van der Waals surface area contributed by atoms with Gasteiger partial charge >= 0.3 is 0 Å². The van der Waals surface area contributed by atoms with Gasteiger partial charge in [-0.15, -0.1) is 0 Å². The number of hydrogen-bond acceptors (Lipinski definition) is 3. The lowest BCUT2D eigenvalue weighted by molar-refractivity contribution is -0.125. The lowest BCUT2D eigenvalue weighted by atomic mass is 9.87. The molecule has 1 fully saturated rings. The second-order valence-electron chi connectivity index (χ2n) is 8.94. The summed E-state index contributed by atoms with van der Waals surface area (Å²) in [6.45, 7) is 7.39. The fraction of sp³-hybridized carbons (Fsp3) is 0.333. The summed E-state index contributed by atoms with van der Waals surface area (Å²) in [6.07, 6.45) is 1.46. The Morgan fingerprint density at radius 1 is 1.18 bits per heavy atom. The van der Waals surface area contributed by atoms with Gasteiger partial charge in [-0.05, 0) is 50.6 Å². The van der Waals surface area contributed by atoms with Crippen LogP contribution in [0.15, 0.2) is 36.9 Å². The summed E-state index contributed by atoms with van der Waals surface area (Å²) in [4.78, 5) is 28.1. The maximum absolute atomic E-state index is 15.3. The van der Waals surface area contributed by atoms with Crippen molar-refractivity contribution in [1.29, 1.82) is 0 Å². The van der Waals surface area contributed by atoms with Gasteiger partial charge < -0.3 is 15.1 Å². The number of likely N-dealkylation sites (tertiary alicyclic amines) is 1. The van der Waals surface area contributed by atoms with Crippen molar-refractivity contribution >= 4 is 40.7 Å². The van der Waals surface area contributed by atoms with Gasteiger partial charge in [0.1, 0.15) is 11.6 Å². The molecule has 0 aliphatic carbocycles. The van der Waals surface area contributed by atoms with Gasteiger partial charge in [0, 0.05) is 37.0 Å². The SMILES string of the molecule is C=CC(=O)N1CC[C@](Nc2cc(F)c3c(c2)C(=O)N(C)C3(C)C)(c2c(F)ccc(Cl)c2Cl)C1. The van der Waals surface area contributed by atoms with Crippen molar-refractivity contribution in [1.82, 2.24) is 9.80 Å². The van der Waals surface area contributed by atoms with Crippen molar-refractivity contribution in [2.24, 2.45) is 0 Å². The van der Waals surface area contributed by atoms with Crippen molar-refractivity contribution in [3.63, 3.8) is 0 Å². The number of carbonyl (C=O) groups is 2. The maximum Gasteiger partial charge on any atom is 0.254 e. The van der Waals surface area contributed by atoms with Crippen LogP contribution >= 0.6 is 23.2 Å². The Kier molecular flexibility index (Phi) is 5.69. The quantitative estimate of drug-likeness (QED) is 0.463. The van der Waals surface area contributed by atoms with E-state index in [1.54, 1.807) is 27.0 Å². The van der Waals surface area contributed by atoms with Gasteiger partial charge in [-0.3, -0.25) is 9.59 Å². The summed E-state index contributed by atoms with van der Waals surface area (Å²) in [5.74, 6) is -1.80. The third kappa shape index (κ3) is 3.58. The van der Waals surface area contributed by atoms with Crippen LogP contribution in [0.2, 0.25) is 10.0 Å². The van der Waals surface area contributed by atoms with Crippen molar-refractivity contribution in [2.45, 2.75) is 31.3 Å². The zero-order chi connectivity index (χ0) is 24.3. The molecule has 2 aromatic rings. The molecule has 0 saturated carbocycles. The predicted molar refractivity (Wildman–Crippen MR) is 125 cm³/mol. The van der Waals surface area contributed by atoms with Crippen LogP contribution in [0.25, 0.3) is 0 Å². The highest BCUT2D eigenvalue weighted by Gasteiger charge is 2.46. The average Bonchev–Trinajstić information content (AvgIpc) is 3.25. The van der Waals surface area contributed by atoms with Crippen LogP contribution in [0.3, 0.4) is 0 Å². The molecule has 2 aliphatic rings. The number of nitrogens with zero attached hydrogens (tertiary/aromatic N) is 2. The molecular formula is C24H23Cl2F2N3O2. The fourth-order valence-corrected chi connectivity index (χ4v) is 5.30. The van der Waals surface area contributed by atoms with E-state index < -0.39 is 22.7 Å². The number of halogens is 4. The Bertz CT molecular complexity index is 1200. The molecule has 1 atom stereocenters. The molecule has 9 heteroatoms. The summed E-state index contributed by atoms with van der Waals surface area (Å²) >= 11 is 12.6. The second-order valence-corrected chi connectivity index (χ2v) is 9.73. The van der Waals surface area contributed by atoms with Gasteiger partial charge in [0.25, 0.3) is 5.91 Å². The van der Waals surface area contributed by atoms with E-state index in [1.807, 2.05) is 0 Å². The lowest BCUT2D eigenvalue weighted by Crippen LogP contribution is -2.41. The van der Waals surface area contributed by atoms with E-state index in [1.165, 1.54) is 34.1 Å². The molecule has 2 aromatic carbocycles. The maximum atomic E-state index is 15.3. The molecule has 0 spiro atoms. The van der Waals surface area contributed by atoms with Crippen LogP contribution in [0, 0.1) is 11.6 Å². The Morgan fingerprint density at radius 3 is 2.55 bits per heavy atom. The van der Waals surface area contributed by atoms with Gasteiger partial charge in [-0.2, -0.15) is 0 Å². The number of nitrogens with one attached hydrogen (secondary N) is 1.